The molecule has 16 heavy (non-hydrogen) atoms. The fourth-order valence-corrected chi connectivity index (χ4v) is 2.90. The number of likely N-dealkylation sites (tertiary alicyclic amines) is 1. The summed E-state index contributed by atoms with van der Waals surface area (Å²) in [6.07, 6.45) is 3.58. The van der Waals surface area contributed by atoms with E-state index in [1.807, 2.05) is 0 Å². The van der Waals surface area contributed by atoms with Crippen LogP contribution in [0.4, 0.5) is 0 Å². The smallest absolute Gasteiger partial charge is 0.234 e. The fraction of sp³-hybridized carbons (Fsp3) is 0.750. The van der Waals surface area contributed by atoms with E-state index in [0.717, 1.165) is 25.9 Å². The molecule has 4 heteroatoms. The number of nitrogens with one attached hydrogen (secondary N) is 1. The second-order valence-corrected chi connectivity index (χ2v) is 4.86. The van der Waals surface area contributed by atoms with Gasteiger partial charge in [-0.25, -0.2) is 0 Å². The van der Waals surface area contributed by atoms with E-state index in [0.29, 0.717) is 24.9 Å². The van der Waals surface area contributed by atoms with Crippen molar-refractivity contribution >= 4 is 5.91 Å². The molecule has 0 aromatic carbocycles. The zero-order chi connectivity index (χ0) is 11.5. The van der Waals surface area contributed by atoms with E-state index in [-0.39, 0.29) is 12.0 Å². The number of aliphatic hydroxyl groups excluding tert-OH is 1. The van der Waals surface area contributed by atoms with Crippen molar-refractivity contribution in [3.8, 4) is 0 Å². The number of carbonyl (C=O) groups is 1. The van der Waals surface area contributed by atoms with E-state index < -0.39 is 0 Å². The van der Waals surface area contributed by atoms with E-state index in [4.69, 9.17) is 0 Å². The highest BCUT2D eigenvalue weighted by Crippen LogP contribution is 2.37. The molecule has 1 saturated carbocycles. The molecule has 0 aromatic rings. The van der Waals surface area contributed by atoms with E-state index in [1.54, 1.807) is 6.08 Å². The predicted octanol–water partition coefficient (Wildman–Crippen LogP) is -0.00870. The van der Waals surface area contributed by atoms with Gasteiger partial charge in [-0.05, 0) is 18.8 Å². The normalized spacial score (nSPS) is 33.7. The molecule has 0 aromatic heterocycles. The predicted molar refractivity (Wildman–Crippen MR) is 61.9 cm³/mol. The van der Waals surface area contributed by atoms with Crippen molar-refractivity contribution in [1.29, 1.82) is 0 Å². The minimum Gasteiger partial charge on any atom is -0.393 e. The summed E-state index contributed by atoms with van der Waals surface area (Å²) in [6.45, 7) is 6.37. The molecule has 4 nitrogen and oxygen atoms in total. The van der Waals surface area contributed by atoms with Crippen LogP contribution in [0.25, 0.3) is 0 Å². The molecule has 0 radical (unpaired) electrons. The molecular weight excluding hydrogens is 204 g/mol. The average Bonchev–Trinajstić information content (AvgIpc) is 2.78. The second-order valence-electron chi connectivity index (χ2n) is 4.86. The van der Waals surface area contributed by atoms with Gasteiger partial charge in [0.15, 0.2) is 0 Å². The SMILES string of the molecule is C=CCNC(=O)CN1CC2CCC(O)C2C1. The molecule has 3 atom stereocenters. The summed E-state index contributed by atoms with van der Waals surface area (Å²) in [6, 6.07) is 0. The van der Waals surface area contributed by atoms with E-state index in [9.17, 15) is 9.90 Å². The molecular formula is C12H20N2O2. The lowest BCUT2D eigenvalue weighted by Crippen LogP contribution is -2.37. The molecule has 1 amide bonds. The zero-order valence-electron chi connectivity index (χ0n) is 9.56. The molecule has 2 N–H and O–H groups in total. The van der Waals surface area contributed by atoms with Gasteiger partial charge in [0.1, 0.15) is 0 Å². The lowest BCUT2D eigenvalue weighted by Gasteiger charge is -2.17. The maximum Gasteiger partial charge on any atom is 0.234 e. The maximum atomic E-state index is 11.5. The largest absolute Gasteiger partial charge is 0.393 e. The summed E-state index contributed by atoms with van der Waals surface area (Å²) in [7, 11) is 0. The molecule has 1 aliphatic carbocycles. The first kappa shape index (κ1) is 11.6. The van der Waals surface area contributed by atoms with Crippen molar-refractivity contribution in [1.82, 2.24) is 10.2 Å². The Hall–Kier alpha value is -0.870. The molecule has 2 rings (SSSR count). The Kier molecular flexibility index (Phi) is 3.61. The molecule has 1 aliphatic heterocycles. The molecule has 3 unspecified atom stereocenters. The molecule has 1 heterocycles. The first-order chi connectivity index (χ1) is 7.70. The van der Waals surface area contributed by atoms with Crippen LogP contribution in [0.15, 0.2) is 12.7 Å². The van der Waals surface area contributed by atoms with Crippen molar-refractivity contribution in [2.24, 2.45) is 11.8 Å². The number of aliphatic hydroxyl groups is 1. The maximum absolute atomic E-state index is 11.5. The van der Waals surface area contributed by atoms with Gasteiger partial charge in [0.2, 0.25) is 5.91 Å². The number of fused-ring (bicyclic) bond motifs is 1. The number of carbonyl (C=O) groups excluding carboxylic acids is 1. The van der Waals surface area contributed by atoms with Gasteiger partial charge in [-0.15, -0.1) is 6.58 Å². The number of amides is 1. The lowest BCUT2D eigenvalue weighted by atomic mass is 10.00. The summed E-state index contributed by atoms with van der Waals surface area (Å²) in [5, 5.41) is 12.5. The van der Waals surface area contributed by atoms with Gasteiger partial charge < -0.3 is 10.4 Å². The van der Waals surface area contributed by atoms with Crippen LogP contribution in [0.2, 0.25) is 0 Å². The Bertz CT molecular complexity index is 280. The number of nitrogens with zero attached hydrogens (tertiary/aromatic N) is 1. The van der Waals surface area contributed by atoms with Crippen LogP contribution in [-0.2, 0) is 4.79 Å². The van der Waals surface area contributed by atoms with Crippen LogP contribution in [0.5, 0.6) is 0 Å². The number of hydrogen-bond acceptors (Lipinski definition) is 3. The van der Waals surface area contributed by atoms with Crippen molar-refractivity contribution in [2.45, 2.75) is 18.9 Å². The van der Waals surface area contributed by atoms with Crippen LogP contribution in [0.3, 0.4) is 0 Å². The Morgan fingerprint density at radius 3 is 3.00 bits per heavy atom. The third-order valence-corrected chi connectivity index (χ3v) is 3.71. The fourth-order valence-electron chi connectivity index (χ4n) is 2.90. The van der Waals surface area contributed by atoms with Crippen LogP contribution in [0, 0.1) is 11.8 Å². The van der Waals surface area contributed by atoms with Crippen molar-refractivity contribution < 1.29 is 9.90 Å². The lowest BCUT2D eigenvalue weighted by molar-refractivity contribution is -0.121. The quantitative estimate of drug-likeness (QED) is 0.660. The minimum atomic E-state index is -0.147. The number of hydrogen-bond donors (Lipinski definition) is 2. The highest BCUT2D eigenvalue weighted by Gasteiger charge is 2.41. The van der Waals surface area contributed by atoms with Crippen molar-refractivity contribution in [3.63, 3.8) is 0 Å². The Morgan fingerprint density at radius 1 is 1.50 bits per heavy atom. The van der Waals surface area contributed by atoms with E-state index in [1.165, 1.54) is 0 Å². The zero-order valence-corrected chi connectivity index (χ0v) is 9.56. The van der Waals surface area contributed by atoms with Crippen molar-refractivity contribution in [3.05, 3.63) is 12.7 Å². The molecule has 2 fully saturated rings. The van der Waals surface area contributed by atoms with E-state index in [2.05, 4.69) is 16.8 Å². The van der Waals surface area contributed by atoms with E-state index >= 15 is 0 Å². The molecule has 0 spiro atoms. The Labute approximate surface area is 96.3 Å². The first-order valence-electron chi connectivity index (χ1n) is 5.98. The van der Waals surface area contributed by atoms with Gasteiger partial charge in [-0.2, -0.15) is 0 Å². The average molecular weight is 224 g/mol. The first-order valence-corrected chi connectivity index (χ1v) is 5.98. The van der Waals surface area contributed by atoms with Gasteiger partial charge in [0.05, 0.1) is 12.6 Å². The third-order valence-electron chi connectivity index (χ3n) is 3.71. The van der Waals surface area contributed by atoms with Crippen molar-refractivity contribution in [2.75, 3.05) is 26.2 Å². The number of rotatable bonds is 4. The Balaban J connectivity index is 1.77. The van der Waals surface area contributed by atoms with Crippen LogP contribution in [0.1, 0.15) is 12.8 Å². The van der Waals surface area contributed by atoms with Crippen LogP contribution >= 0.6 is 0 Å². The van der Waals surface area contributed by atoms with Crippen LogP contribution < -0.4 is 5.32 Å². The Morgan fingerprint density at radius 2 is 2.31 bits per heavy atom. The minimum absolute atomic E-state index is 0.0503. The van der Waals surface area contributed by atoms with Gasteiger partial charge in [-0.1, -0.05) is 6.08 Å². The summed E-state index contributed by atoms with van der Waals surface area (Å²) >= 11 is 0. The van der Waals surface area contributed by atoms with Crippen LogP contribution in [-0.4, -0.2) is 48.2 Å². The molecule has 1 saturated heterocycles. The van der Waals surface area contributed by atoms with Gasteiger partial charge in [-0.3, -0.25) is 9.69 Å². The second kappa shape index (κ2) is 4.97. The monoisotopic (exact) mass is 224 g/mol. The molecule has 2 aliphatic rings. The molecule has 0 bridgehead atoms. The molecule has 90 valence electrons. The summed E-state index contributed by atoms with van der Waals surface area (Å²) in [4.78, 5) is 13.6. The highest BCUT2D eigenvalue weighted by molar-refractivity contribution is 5.78. The summed E-state index contributed by atoms with van der Waals surface area (Å²) in [5.41, 5.74) is 0. The highest BCUT2D eigenvalue weighted by atomic mass is 16.3. The summed E-state index contributed by atoms with van der Waals surface area (Å²) < 4.78 is 0. The van der Waals surface area contributed by atoms with Gasteiger partial charge in [0, 0.05) is 25.6 Å². The van der Waals surface area contributed by atoms with Gasteiger partial charge >= 0.3 is 0 Å². The topological polar surface area (TPSA) is 52.6 Å². The van der Waals surface area contributed by atoms with Gasteiger partial charge in [0.25, 0.3) is 0 Å². The summed E-state index contributed by atoms with van der Waals surface area (Å²) in [5.74, 6) is 1.05. The standard InChI is InChI=1S/C12H20N2O2/c1-2-5-13-12(16)8-14-6-9-3-4-11(15)10(9)7-14/h2,9-11,15H,1,3-8H2,(H,13,16). The third kappa shape index (κ3) is 2.44.